The molecule has 0 bridgehead atoms. The summed E-state index contributed by atoms with van der Waals surface area (Å²) in [5, 5.41) is 3.24. The molecule has 2 aromatic rings. The first-order chi connectivity index (χ1) is 12.8. The van der Waals surface area contributed by atoms with Crippen molar-refractivity contribution in [3.05, 3.63) is 41.8 Å². The lowest BCUT2D eigenvalue weighted by atomic mass is 10.0. The van der Waals surface area contributed by atoms with Gasteiger partial charge in [-0.15, -0.1) is 0 Å². The molecule has 6 nitrogen and oxygen atoms in total. The van der Waals surface area contributed by atoms with Crippen LogP contribution in [0.5, 0.6) is 0 Å². The summed E-state index contributed by atoms with van der Waals surface area (Å²) in [6.45, 7) is 5.13. The summed E-state index contributed by atoms with van der Waals surface area (Å²) < 4.78 is 19.4. The van der Waals surface area contributed by atoms with Crippen molar-refractivity contribution in [1.29, 1.82) is 0 Å². The van der Waals surface area contributed by atoms with Crippen LogP contribution in [0.1, 0.15) is 12.0 Å². The largest absolute Gasteiger partial charge is 0.378 e. The van der Waals surface area contributed by atoms with Crippen LogP contribution in [0.4, 0.5) is 21.8 Å². The first kappa shape index (κ1) is 17.0. The molecule has 0 spiro atoms. The minimum Gasteiger partial charge on any atom is -0.378 e. The maximum atomic E-state index is 14.1. The van der Waals surface area contributed by atoms with Crippen molar-refractivity contribution in [3.8, 4) is 0 Å². The molecule has 0 amide bonds. The lowest BCUT2D eigenvalue weighted by Gasteiger charge is -2.31. The van der Waals surface area contributed by atoms with Crippen molar-refractivity contribution in [2.45, 2.75) is 12.8 Å². The summed E-state index contributed by atoms with van der Waals surface area (Å²) in [7, 11) is 0. The smallest absolute Gasteiger partial charge is 0.224 e. The lowest BCUT2D eigenvalue weighted by molar-refractivity contribution is 0.122. The number of ether oxygens (including phenoxy) is 1. The number of hydrogen-bond donors (Lipinski definition) is 1. The predicted molar refractivity (Wildman–Crippen MR) is 100 cm³/mol. The maximum Gasteiger partial charge on any atom is 0.224 e. The molecule has 1 saturated heterocycles. The highest BCUT2D eigenvalue weighted by atomic mass is 19.1. The molecule has 4 rings (SSSR count). The zero-order valence-electron chi connectivity index (χ0n) is 14.8. The van der Waals surface area contributed by atoms with E-state index in [0.717, 1.165) is 19.5 Å². The Hall–Kier alpha value is -2.41. The summed E-state index contributed by atoms with van der Waals surface area (Å²) in [6, 6.07) is 8.56. The van der Waals surface area contributed by atoms with Gasteiger partial charge in [-0.2, -0.15) is 4.98 Å². The molecule has 7 heteroatoms. The molecule has 1 aromatic heterocycles. The highest BCUT2D eigenvalue weighted by Gasteiger charge is 2.18. The third kappa shape index (κ3) is 3.72. The Labute approximate surface area is 153 Å². The molecule has 1 N–H and O–H groups in total. The van der Waals surface area contributed by atoms with E-state index in [1.807, 2.05) is 4.90 Å². The van der Waals surface area contributed by atoms with Crippen LogP contribution >= 0.6 is 0 Å². The van der Waals surface area contributed by atoms with Crippen molar-refractivity contribution < 1.29 is 9.13 Å². The molecule has 0 radical (unpaired) electrons. The van der Waals surface area contributed by atoms with Crippen LogP contribution in [0.15, 0.2) is 30.5 Å². The molecule has 2 aliphatic heterocycles. The summed E-state index contributed by atoms with van der Waals surface area (Å²) in [5.74, 6) is 0.440. The van der Waals surface area contributed by atoms with E-state index in [0.29, 0.717) is 44.6 Å². The highest BCUT2D eigenvalue weighted by molar-refractivity contribution is 5.55. The lowest BCUT2D eigenvalue weighted by Crippen LogP contribution is -2.37. The summed E-state index contributed by atoms with van der Waals surface area (Å²) >= 11 is 0. The first-order valence-corrected chi connectivity index (χ1v) is 9.23. The molecule has 0 aliphatic carbocycles. The fourth-order valence-electron chi connectivity index (χ4n) is 3.59. The molecule has 1 fully saturated rings. The second kappa shape index (κ2) is 7.86. The van der Waals surface area contributed by atoms with Crippen LogP contribution in [0.3, 0.4) is 0 Å². The topological polar surface area (TPSA) is 53.5 Å². The molecule has 138 valence electrons. The molecule has 26 heavy (non-hydrogen) atoms. The maximum absolute atomic E-state index is 14.1. The summed E-state index contributed by atoms with van der Waals surface area (Å²) in [4.78, 5) is 12.8. The third-order valence-electron chi connectivity index (χ3n) is 4.91. The van der Waals surface area contributed by atoms with E-state index in [2.05, 4.69) is 44.5 Å². The molecular formula is C19H24FN5O. The van der Waals surface area contributed by atoms with E-state index in [1.165, 1.54) is 23.9 Å². The standard InChI is InChI=1S/C19H24FN5O/c20-16-14-22-19(23-18(16)25-10-12-26-13-11-25)21-7-9-24-8-3-5-15-4-1-2-6-17(15)24/h1-2,4,6,14H,3,5,7-13H2,(H,21,22,23). The van der Waals surface area contributed by atoms with Crippen LogP contribution in [0, 0.1) is 5.82 Å². The molecule has 0 unspecified atom stereocenters. The number of morpholine rings is 1. The number of nitrogens with zero attached hydrogens (tertiary/aromatic N) is 4. The average molecular weight is 357 g/mol. The Bertz CT molecular complexity index is 750. The fourth-order valence-corrected chi connectivity index (χ4v) is 3.59. The molecule has 1 aromatic carbocycles. The predicted octanol–water partition coefficient (Wildman–Crippen LogP) is 2.32. The van der Waals surface area contributed by atoms with Gasteiger partial charge in [0.15, 0.2) is 11.6 Å². The van der Waals surface area contributed by atoms with E-state index < -0.39 is 0 Å². The molecule has 0 atom stereocenters. The Morgan fingerprint density at radius 3 is 2.88 bits per heavy atom. The number of rotatable bonds is 5. The average Bonchev–Trinajstić information content (AvgIpc) is 2.70. The molecule has 3 heterocycles. The number of anilines is 3. The van der Waals surface area contributed by atoms with Gasteiger partial charge in [0.1, 0.15) is 0 Å². The van der Waals surface area contributed by atoms with Gasteiger partial charge in [0, 0.05) is 38.4 Å². The van der Waals surface area contributed by atoms with Gasteiger partial charge in [0.25, 0.3) is 0 Å². The van der Waals surface area contributed by atoms with Gasteiger partial charge >= 0.3 is 0 Å². The zero-order valence-corrected chi connectivity index (χ0v) is 14.8. The van der Waals surface area contributed by atoms with Gasteiger partial charge < -0.3 is 19.9 Å². The van der Waals surface area contributed by atoms with Crippen molar-refractivity contribution in [2.24, 2.45) is 0 Å². The van der Waals surface area contributed by atoms with Crippen LogP contribution in [-0.4, -0.2) is 55.9 Å². The number of hydrogen-bond acceptors (Lipinski definition) is 6. The zero-order chi connectivity index (χ0) is 17.8. The quantitative estimate of drug-likeness (QED) is 0.886. The Kier molecular flexibility index (Phi) is 5.15. The van der Waals surface area contributed by atoms with Crippen LogP contribution in [0.2, 0.25) is 0 Å². The molecule has 2 aliphatic rings. The van der Waals surface area contributed by atoms with Gasteiger partial charge in [-0.05, 0) is 24.5 Å². The number of para-hydroxylation sites is 1. The van der Waals surface area contributed by atoms with E-state index in [4.69, 9.17) is 4.74 Å². The van der Waals surface area contributed by atoms with Crippen LogP contribution < -0.4 is 15.1 Å². The van der Waals surface area contributed by atoms with Crippen LogP contribution in [-0.2, 0) is 11.2 Å². The number of nitrogens with one attached hydrogen (secondary N) is 1. The van der Waals surface area contributed by atoms with Crippen molar-refractivity contribution in [1.82, 2.24) is 9.97 Å². The second-order valence-electron chi connectivity index (χ2n) is 6.61. The fraction of sp³-hybridized carbons (Fsp3) is 0.474. The van der Waals surface area contributed by atoms with E-state index in [1.54, 1.807) is 0 Å². The minimum atomic E-state index is -0.387. The van der Waals surface area contributed by atoms with Crippen molar-refractivity contribution >= 4 is 17.5 Å². The van der Waals surface area contributed by atoms with Crippen LogP contribution in [0.25, 0.3) is 0 Å². The first-order valence-electron chi connectivity index (χ1n) is 9.23. The Morgan fingerprint density at radius 1 is 1.15 bits per heavy atom. The van der Waals surface area contributed by atoms with Gasteiger partial charge in [-0.3, -0.25) is 0 Å². The van der Waals surface area contributed by atoms with Crippen molar-refractivity contribution in [3.63, 3.8) is 0 Å². The number of halogens is 1. The SMILES string of the molecule is Fc1cnc(NCCN2CCCc3ccccc32)nc1N1CCOCC1. The Balaban J connectivity index is 1.38. The van der Waals surface area contributed by atoms with Gasteiger partial charge in [-0.1, -0.05) is 18.2 Å². The third-order valence-corrected chi connectivity index (χ3v) is 4.91. The number of aryl methyl sites for hydroxylation is 1. The highest BCUT2D eigenvalue weighted by Crippen LogP contribution is 2.26. The molecule has 0 saturated carbocycles. The summed E-state index contributed by atoms with van der Waals surface area (Å²) in [5.41, 5.74) is 2.72. The van der Waals surface area contributed by atoms with Gasteiger partial charge in [0.2, 0.25) is 5.95 Å². The summed E-state index contributed by atoms with van der Waals surface area (Å²) in [6.07, 6.45) is 3.56. The number of aromatic nitrogens is 2. The number of benzene rings is 1. The van der Waals surface area contributed by atoms with E-state index in [9.17, 15) is 4.39 Å². The van der Waals surface area contributed by atoms with Gasteiger partial charge in [0.05, 0.1) is 19.4 Å². The monoisotopic (exact) mass is 357 g/mol. The second-order valence-corrected chi connectivity index (χ2v) is 6.61. The van der Waals surface area contributed by atoms with E-state index >= 15 is 0 Å². The normalized spacial score (nSPS) is 17.1. The molecular weight excluding hydrogens is 333 g/mol. The Morgan fingerprint density at radius 2 is 2.00 bits per heavy atom. The minimum absolute atomic E-state index is 0.356. The van der Waals surface area contributed by atoms with Gasteiger partial charge in [-0.25, -0.2) is 9.37 Å². The van der Waals surface area contributed by atoms with Crippen molar-refractivity contribution in [2.75, 3.05) is 61.1 Å². The van der Waals surface area contributed by atoms with E-state index in [-0.39, 0.29) is 5.82 Å². The number of fused-ring (bicyclic) bond motifs is 1.